The Labute approximate surface area is 149 Å². The molecular weight excluding hydrogens is 328 g/mol. The number of hydrogen-bond donors (Lipinski definition) is 4. The second-order valence-electron chi connectivity index (χ2n) is 6.37. The van der Waals surface area contributed by atoms with E-state index in [1.54, 1.807) is 0 Å². The highest BCUT2D eigenvalue weighted by atomic mass is 35.5. The van der Waals surface area contributed by atoms with Gasteiger partial charge in [-0.2, -0.15) is 0 Å². The van der Waals surface area contributed by atoms with Crippen LogP contribution >= 0.6 is 12.4 Å². The fourth-order valence-corrected chi connectivity index (χ4v) is 2.36. The fraction of sp³-hybridized carbons (Fsp3) is 0.529. The SMILES string of the molecule is CC(C)NC(=O)Nc1ccc(CNC(=O)C(C)C2CNC2)cc1.Cl. The number of rotatable bonds is 6. The number of halogens is 1. The summed E-state index contributed by atoms with van der Waals surface area (Å²) < 4.78 is 0. The minimum atomic E-state index is -0.219. The first-order valence-electron chi connectivity index (χ1n) is 8.10. The summed E-state index contributed by atoms with van der Waals surface area (Å²) in [4.78, 5) is 23.7. The van der Waals surface area contributed by atoms with Gasteiger partial charge in [0.25, 0.3) is 0 Å². The van der Waals surface area contributed by atoms with Gasteiger partial charge in [0.15, 0.2) is 0 Å². The highest BCUT2D eigenvalue weighted by molar-refractivity contribution is 5.89. The molecule has 0 spiro atoms. The molecule has 1 heterocycles. The number of benzene rings is 1. The van der Waals surface area contributed by atoms with Crippen LogP contribution in [0.4, 0.5) is 10.5 Å². The third-order valence-electron chi connectivity index (χ3n) is 4.03. The normalized spacial score (nSPS) is 15.0. The predicted molar refractivity (Wildman–Crippen MR) is 98.4 cm³/mol. The van der Waals surface area contributed by atoms with E-state index in [4.69, 9.17) is 0 Å². The van der Waals surface area contributed by atoms with Crippen LogP contribution in [0.15, 0.2) is 24.3 Å². The van der Waals surface area contributed by atoms with Crippen molar-refractivity contribution in [1.82, 2.24) is 16.0 Å². The highest BCUT2D eigenvalue weighted by Crippen LogP contribution is 2.16. The van der Waals surface area contributed by atoms with E-state index >= 15 is 0 Å². The zero-order valence-corrected chi connectivity index (χ0v) is 15.2. The summed E-state index contributed by atoms with van der Waals surface area (Å²) >= 11 is 0. The summed E-state index contributed by atoms with van der Waals surface area (Å²) in [6.45, 7) is 8.14. The van der Waals surface area contributed by atoms with Crippen molar-refractivity contribution < 1.29 is 9.59 Å². The topological polar surface area (TPSA) is 82.3 Å². The zero-order chi connectivity index (χ0) is 16.8. The summed E-state index contributed by atoms with van der Waals surface area (Å²) in [5.74, 6) is 0.577. The molecule has 1 atom stereocenters. The Morgan fingerprint density at radius 1 is 1.17 bits per heavy atom. The molecule has 0 aliphatic carbocycles. The molecule has 6 nitrogen and oxygen atoms in total. The fourth-order valence-electron chi connectivity index (χ4n) is 2.36. The second-order valence-corrected chi connectivity index (χ2v) is 6.37. The Hall–Kier alpha value is -1.79. The van der Waals surface area contributed by atoms with Crippen molar-refractivity contribution in [3.63, 3.8) is 0 Å². The van der Waals surface area contributed by atoms with Crippen LogP contribution in [0.25, 0.3) is 0 Å². The van der Waals surface area contributed by atoms with Gasteiger partial charge in [0.05, 0.1) is 0 Å². The van der Waals surface area contributed by atoms with Gasteiger partial charge in [-0.25, -0.2) is 4.79 Å². The zero-order valence-electron chi connectivity index (χ0n) is 14.4. The third kappa shape index (κ3) is 6.02. The van der Waals surface area contributed by atoms with Gasteiger partial charge < -0.3 is 21.3 Å². The van der Waals surface area contributed by atoms with E-state index in [-0.39, 0.29) is 36.3 Å². The molecule has 1 aliphatic rings. The van der Waals surface area contributed by atoms with Gasteiger partial charge in [0.1, 0.15) is 0 Å². The van der Waals surface area contributed by atoms with Crippen molar-refractivity contribution in [3.8, 4) is 0 Å². The van der Waals surface area contributed by atoms with Crippen molar-refractivity contribution in [1.29, 1.82) is 0 Å². The lowest BCUT2D eigenvalue weighted by atomic mass is 9.88. The first kappa shape index (κ1) is 20.3. The Morgan fingerprint density at radius 3 is 2.29 bits per heavy atom. The van der Waals surface area contributed by atoms with Crippen LogP contribution in [-0.2, 0) is 11.3 Å². The average Bonchev–Trinajstić information content (AvgIpc) is 2.43. The molecule has 3 amide bonds. The smallest absolute Gasteiger partial charge is 0.319 e. The summed E-state index contributed by atoms with van der Waals surface area (Å²) in [6, 6.07) is 7.35. The third-order valence-corrected chi connectivity index (χ3v) is 4.03. The van der Waals surface area contributed by atoms with E-state index < -0.39 is 0 Å². The number of urea groups is 1. The molecular formula is C17H27ClN4O2. The molecule has 1 aliphatic heterocycles. The van der Waals surface area contributed by atoms with Gasteiger partial charge in [-0.05, 0) is 50.6 Å². The molecule has 0 aromatic heterocycles. The number of carbonyl (C=O) groups excluding carboxylic acids is 2. The van der Waals surface area contributed by atoms with Gasteiger partial charge in [0, 0.05) is 24.2 Å². The summed E-state index contributed by atoms with van der Waals surface area (Å²) in [5, 5.41) is 11.7. The summed E-state index contributed by atoms with van der Waals surface area (Å²) in [7, 11) is 0. The van der Waals surface area contributed by atoms with Gasteiger partial charge in [-0.15, -0.1) is 12.4 Å². The quantitative estimate of drug-likeness (QED) is 0.631. The number of carbonyl (C=O) groups is 2. The number of nitrogens with one attached hydrogen (secondary N) is 4. The van der Waals surface area contributed by atoms with Crippen LogP contribution in [0.3, 0.4) is 0 Å². The Balaban J connectivity index is 0.00000288. The minimum absolute atomic E-state index is 0. The van der Waals surface area contributed by atoms with E-state index in [0.717, 1.165) is 24.3 Å². The average molecular weight is 355 g/mol. The maximum Gasteiger partial charge on any atom is 0.319 e. The summed E-state index contributed by atoms with van der Waals surface area (Å²) in [5.41, 5.74) is 1.74. The van der Waals surface area contributed by atoms with Crippen LogP contribution in [-0.4, -0.2) is 31.1 Å². The molecule has 1 saturated heterocycles. The maximum atomic E-state index is 12.1. The van der Waals surface area contributed by atoms with Crippen molar-refractivity contribution >= 4 is 30.0 Å². The van der Waals surface area contributed by atoms with E-state index in [1.807, 2.05) is 45.0 Å². The standard InChI is InChI=1S/C17H26N4O2.ClH/c1-11(2)20-17(23)21-15-6-4-13(5-7-15)8-19-16(22)12(3)14-9-18-10-14;/h4-7,11-12,14,18H,8-10H2,1-3H3,(H,19,22)(H2,20,21,23);1H. The van der Waals surface area contributed by atoms with E-state index in [1.165, 1.54) is 0 Å². The molecule has 7 heteroatoms. The molecule has 2 rings (SSSR count). The van der Waals surface area contributed by atoms with Crippen LogP contribution in [0.5, 0.6) is 0 Å². The molecule has 1 unspecified atom stereocenters. The molecule has 1 aromatic rings. The number of anilines is 1. The van der Waals surface area contributed by atoms with Gasteiger partial charge in [0.2, 0.25) is 5.91 Å². The van der Waals surface area contributed by atoms with Gasteiger partial charge in [-0.3, -0.25) is 4.79 Å². The van der Waals surface area contributed by atoms with E-state index in [0.29, 0.717) is 12.5 Å². The van der Waals surface area contributed by atoms with Crippen LogP contribution in [0.1, 0.15) is 26.3 Å². The maximum absolute atomic E-state index is 12.1. The lowest BCUT2D eigenvalue weighted by Crippen LogP contribution is -2.49. The largest absolute Gasteiger partial charge is 0.352 e. The van der Waals surface area contributed by atoms with E-state index in [2.05, 4.69) is 21.3 Å². The first-order valence-corrected chi connectivity index (χ1v) is 8.10. The molecule has 0 bridgehead atoms. The van der Waals surface area contributed by atoms with Crippen LogP contribution in [0.2, 0.25) is 0 Å². The predicted octanol–water partition coefficient (Wildman–Crippen LogP) is 2.11. The summed E-state index contributed by atoms with van der Waals surface area (Å²) in [6.07, 6.45) is 0. The molecule has 4 N–H and O–H groups in total. The van der Waals surface area contributed by atoms with Gasteiger partial charge in [-0.1, -0.05) is 19.1 Å². The number of hydrogen-bond acceptors (Lipinski definition) is 3. The molecule has 134 valence electrons. The molecule has 0 radical (unpaired) electrons. The second kappa shape index (κ2) is 9.49. The van der Waals surface area contributed by atoms with Crippen LogP contribution in [0, 0.1) is 11.8 Å². The Bertz CT molecular complexity index is 544. The van der Waals surface area contributed by atoms with Gasteiger partial charge >= 0.3 is 6.03 Å². The molecule has 1 fully saturated rings. The monoisotopic (exact) mass is 354 g/mol. The van der Waals surface area contributed by atoms with Crippen molar-refractivity contribution in [2.75, 3.05) is 18.4 Å². The van der Waals surface area contributed by atoms with Crippen molar-refractivity contribution in [2.24, 2.45) is 11.8 Å². The molecule has 0 saturated carbocycles. The minimum Gasteiger partial charge on any atom is -0.352 e. The van der Waals surface area contributed by atoms with Crippen LogP contribution < -0.4 is 21.3 Å². The van der Waals surface area contributed by atoms with Crippen molar-refractivity contribution in [2.45, 2.75) is 33.4 Å². The molecule has 24 heavy (non-hydrogen) atoms. The lowest BCUT2D eigenvalue weighted by Gasteiger charge is -2.31. The first-order chi connectivity index (χ1) is 11.0. The lowest BCUT2D eigenvalue weighted by molar-refractivity contribution is -0.126. The Kier molecular flexibility index (Phi) is 8.01. The number of amides is 3. The Morgan fingerprint density at radius 2 is 1.79 bits per heavy atom. The van der Waals surface area contributed by atoms with Crippen molar-refractivity contribution in [3.05, 3.63) is 29.8 Å². The molecule has 1 aromatic carbocycles. The highest BCUT2D eigenvalue weighted by Gasteiger charge is 2.28. The van der Waals surface area contributed by atoms with E-state index in [9.17, 15) is 9.59 Å².